The van der Waals surface area contributed by atoms with E-state index >= 15 is 0 Å². The number of nitrogens with zero attached hydrogens (tertiary/aromatic N) is 2. The van der Waals surface area contributed by atoms with Crippen LogP contribution >= 0.6 is 11.3 Å². The molecule has 1 aliphatic rings. The molecule has 6 nitrogen and oxygen atoms in total. The van der Waals surface area contributed by atoms with Crippen molar-refractivity contribution in [1.29, 1.82) is 0 Å². The Morgan fingerprint density at radius 3 is 2.95 bits per heavy atom. The molecule has 0 radical (unpaired) electrons. The Labute approximate surface area is 132 Å². The summed E-state index contributed by atoms with van der Waals surface area (Å²) < 4.78 is 31.7. The van der Waals surface area contributed by atoms with Gasteiger partial charge in [-0.05, 0) is 31.0 Å². The van der Waals surface area contributed by atoms with Crippen LogP contribution < -0.4 is 4.31 Å². The van der Waals surface area contributed by atoms with Crippen LogP contribution in [0.2, 0.25) is 0 Å². The normalized spacial score (nSPS) is 14.0. The van der Waals surface area contributed by atoms with Crippen molar-refractivity contribution in [1.82, 2.24) is 4.98 Å². The SMILES string of the molecule is COC(=O)c1cc(S(=O)(=O)N2CCc3cccnc32)c(C)s1. The number of thiophene rings is 1. The molecule has 0 saturated carbocycles. The maximum absolute atomic E-state index is 12.9. The van der Waals surface area contributed by atoms with E-state index in [0.717, 1.165) is 16.9 Å². The van der Waals surface area contributed by atoms with Crippen molar-refractivity contribution >= 4 is 33.1 Å². The molecule has 1 aliphatic heterocycles. The number of sulfonamides is 1. The van der Waals surface area contributed by atoms with Crippen LogP contribution in [0.1, 0.15) is 20.1 Å². The van der Waals surface area contributed by atoms with Gasteiger partial charge in [0, 0.05) is 17.6 Å². The van der Waals surface area contributed by atoms with Gasteiger partial charge >= 0.3 is 5.97 Å². The predicted molar refractivity (Wildman–Crippen MR) is 82.9 cm³/mol. The first-order valence-electron chi connectivity index (χ1n) is 6.60. The van der Waals surface area contributed by atoms with E-state index in [1.807, 2.05) is 6.07 Å². The van der Waals surface area contributed by atoms with Crippen LogP contribution in [0.4, 0.5) is 5.82 Å². The highest BCUT2D eigenvalue weighted by atomic mass is 32.2. The number of anilines is 1. The van der Waals surface area contributed by atoms with Gasteiger partial charge in [-0.1, -0.05) is 6.07 Å². The standard InChI is InChI=1S/C14H14N2O4S2/c1-9-12(8-11(21-9)14(17)20-2)22(18,19)16-7-5-10-4-3-6-15-13(10)16/h3-4,6,8H,5,7H2,1-2H3. The molecular weight excluding hydrogens is 324 g/mol. The van der Waals surface area contributed by atoms with Crippen molar-refractivity contribution in [3.63, 3.8) is 0 Å². The van der Waals surface area contributed by atoms with E-state index in [0.29, 0.717) is 23.7 Å². The van der Waals surface area contributed by atoms with Gasteiger partial charge in [0.15, 0.2) is 0 Å². The monoisotopic (exact) mass is 338 g/mol. The average Bonchev–Trinajstić information content (AvgIpc) is 3.10. The van der Waals surface area contributed by atoms with E-state index in [2.05, 4.69) is 9.72 Å². The van der Waals surface area contributed by atoms with Crippen molar-refractivity contribution in [3.8, 4) is 0 Å². The molecule has 8 heteroatoms. The number of esters is 1. The molecule has 0 fully saturated rings. The summed E-state index contributed by atoms with van der Waals surface area (Å²) in [7, 11) is -2.46. The van der Waals surface area contributed by atoms with E-state index in [1.54, 1.807) is 19.2 Å². The number of ether oxygens (including phenoxy) is 1. The number of methoxy groups -OCH3 is 1. The van der Waals surface area contributed by atoms with Gasteiger partial charge in [0.05, 0.1) is 7.11 Å². The third-order valence-electron chi connectivity index (χ3n) is 3.51. The summed E-state index contributed by atoms with van der Waals surface area (Å²) in [6.07, 6.45) is 2.21. The molecule has 0 amide bonds. The molecule has 0 unspecified atom stereocenters. The molecule has 3 heterocycles. The van der Waals surface area contributed by atoms with Crippen molar-refractivity contribution in [2.75, 3.05) is 18.0 Å². The van der Waals surface area contributed by atoms with Gasteiger partial charge in [-0.25, -0.2) is 22.5 Å². The van der Waals surface area contributed by atoms with Crippen molar-refractivity contribution in [2.45, 2.75) is 18.2 Å². The fourth-order valence-corrected chi connectivity index (χ4v) is 5.39. The number of carbonyl (C=O) groups is 1. The summed E-state index contributed by atoms with van der Waals surface area (Å²) in [6, 6.07) is 5.04. The molecule has 0 spiro atoms. The van der Waals surface area contributed by atoms with Crippen LogP contribution in [0.5, 0.6) is 0 Å². The van der Waals surface area contributed by atoms with Crippen LogP contribution in [0.15, 0.2) is 29.3 Å². The first-order valence-corrected chi connectivity index (χ1v) is 8.86. The number of hydrogen-bond donors (Lipinski definition) is 0. The molecule has 0 saturated heterocycles. The van der Waals surface area contributed by atoms with Crippen LogP contribution in [0.3, 0.4) is 0 Å². The minimum absolute atomic E-state index is 0.136. The zero-order valence-electron chi connectivity index (χ0n) is 12.1. The number of fused-ring (bicyclic) bond motifs is 1. The Morgan fingerprint density at radius 1 is 1.45 bits per heavy atom. The first-order chi connectivity index (χ1) is 10.4. The minimum Gasteiger partial charge on any atom is -0.465 e. The van der Waals surface area contributed by atoms with E-state index in [1.165, 1.54) is 17.5 Å². The molecule has 2 aromatic rings. The lowest BCUT2D eigenvalue weighted by atomic mass is 10.2. The largest absolute Gasteiger partial charge is 0.465 e. The predicted octanol–water partition coefficient (Wildman–Crippen LogP) is 1.99. The summed E-state index contributed by atoms with van der Waals surface area (Å²) in [5, 5.41) is 0. The fourth-order valence-electron chi connectivity index (χ4n) is 2.45. The topological polar surface area (TPSA) is 76.6 Å². The molecule has 2 aromatic heterocycles. The van der Waals surface area contributed by atoms with Gasteiger partial charge < -0.3 is 4.74 Å². The number of carbonyl (C=O) groups excluding carboxylic acids is 1. The van der Waals surface area contributed by atoms with Crippen molar-refractivity contribution in [2.24, 2.45) is 0 Å². The molecular formula is C14H14N2O4S2. The highest BCUT2D eigenvalue weighted by Gasteiger charge is 2.34. The van der Waals surface area contributed by atoms with Gasteiger partial charge in [-0.15, -0.1) is 11.3 Å². The van der Waals surface area contributed by atoms with Crippen LogP contribution in [0, 0.1) is 6.92 Å². The maximum atomic E-state index is 12.9. The summed E-state index contributed by atoms with van der Waals surface area (Å²) in [6.45, 7) is 2.04. The molecule has 0 aromatic carbocycles. The first kappa shape index (κ1) is 15.0. The fraction of sp³-hybridized carbons (Fsp3) is 0.286. The molecule has 0 bridgehead atoms. The summed E-state index contributed by atoms with van der Waals surface area (Å²) in [4.78, 5) is 16.7. The summed E-state index contributed by atoms with van der Waals surface area (Å²) in [5.41, 5.74) is 0.909. The molecule has 3 rings (SSSR count). The zero-order valence-corrected chi connectivity index (χ0v) is 13.7. The Morgan fingerprint density at radius 2 is 2.23 bits per heavy atom. The highest BCUT2D eigenvalue weighted by Crippen LogP contribution is 2.34. The van der Waals surface area contributed by atoms with Crippen LogP contribution in [-0.2, 0) is 21.2 Å². The molecule has 0 aliphatic carbocycles. The van der Waals surface area contributed by atoms with Crippen LogP contribution in [0.25, 0.3) is 0 Å². The average molecular weight is 338 g/mol. The Balaban J connectivity index is 2.05. The van der Waals surface area contributed by atoms with E-state index in [9.17, 15) is 13.2 Å². The Hall–Kier alpha value is -1.93. The van der Waals surface area contributed by atoms with E-state index in [4.69, 9.17) is 0 Å². The third kappa shape index (κ3) is 2.28. The van der Waals surface area contributed by atoms with E-state index in [-0.39, 0.29) is 9.77 Å². The lowest BCUT2D eigenvalue weighted by Gasteiger charge is -2.18. The van der Waals surface area contributed by atoms with Gasteiger partial charge in [0.1, 0.15) is 15.6 Å². The van der Waals surface area contributed by atoms with Gasteiger partial charge in [0.25, 0.3) is 10.0 Å². The van der Waals surface area contributed by atoms with Crippen molar-refractivity contribution in [3.05, 3.63) is 39.7 Å². The number of aryl methyl sites for hydroxylation is 1. The molecule has 116 valence electrons. The zero-order chi connectivity index (χ0) is 15.9. The molecule has 22 heavy (non-hydrogen) atoms. The second kappa shape index (κ2) is 5.36. The maximum Gasteiger partial charge on any atom is 0.348 e. The minimum atomic E-state index is -3.73. The number of aromatic nitrogens is 1. The quantitative estimate of drug-likeness (QED) is 0.800. The van der Waals surface area contributed by atoms with Crippen molar-refractivity contribution < 1.29 is 17.9 Å². The van der Waals surface area contributed by atoms with Crippen LogP contribution in [-0.4, -0.2) is 33.0 Å². The Kier molecular flexibility index (Phi) is 3.65. The highest BCUT2D eigenvalue weighted by molar-refractivity contribution is 7.93. The smallest absolute Gasteiger partial charge is 0.348 e. The van der Waals surface area contributed by atoms with E-state index < -0.39 is 16.0 Å². The molecule has 0 atom stereocenters. The number of pyridine rings is 1. The molecule has 0 N–H and O–H groups in total. The second-order valence-electron chi connectivity index (χ2n) is 4.84. The lowest BCUT2D eigenvalue weighted by Crippen LogP contribution is -2.29. The number of hydrogen-bond acceptors (Lipinski definition) is 6. The van der Waals surface area contributed by atoms with Gasteiger partial charge in [-0.2, -0.15) is 0 Å². The van der Waals surface area contributed by atoms with Gasteiger partial charge in [0.2, 0.25) is 0 Å². The Bertz CT molecular complexity index is 842. The number of rotatable bonds is 3. The second-order valence-corrected chi connectivity index (χ2v) is 7.92. The van der Waals surface area contributed by atoms with Gasteiger partial charge in [-0.3, -0.25) is 0 Å². The summed E-state index contributed by atoms with van der Waals surface area (Å²) in [5.74, 6) is -0.0674. The third-order valence-corrected chi connectivity index (χ3v) is 6.59. The summed E-state index contributed by atoms with van der Waals surface area (Å²) >= 11 is 1.11. The lowest BCUT2D eigenvalue weighted by molar-refractivity contribution is 0.0606.